The summed E-state index contributed by atoms with van der Waals surface area (Å²) in [6.45, 7) is 11.1. The van der Waals surface area contributed by atoms with Crippen LogP contribution in [0.4, 0.5) is 4.79 Å². The smallest absolute Gasteiger partial charge is 0.410 e. The molecular formula is C20H28Cl2N2O4. The summed E-state index contributed by atoms with van der Waals surface area (Å²) in [5, 5.41) is 1.22. The van der Waals surface area contributed by atoms with Crippen molar-refractivity contribution in [1.29, 1.82) is 0 Å². The number of amides is 2. The maximum Gasteiger partial charge on any atom is 0.410 e. The Morgan fingerprint density at radius 2 is 1.96 bits per heavy atom. The molecule has 0 radical (unpaired) electrons. The van der Waals surface area contributed by atoms with Crippen molar-refractivity contribution in [2.24, 2.45) is 0 Å². The number of carbonyl (C=O) groups is 2. The largest absolute Gasteiger partial charge is 0.444 e. The molecule has 8 heteroatoms. The van der Waals surface area contributed by atoms with Crippen molar-refractivity contribution in [3.05, 3.63) is 32.8 Å². The Hall–Kier alpha value is -1.50. The summed E-state index contributed by atoms with van der Waals surface area (Å²) in [7, 11) is 0. The fourth-order valence-electron chi connectivity index (χ4n) is 3.01. The summed E-state index contributed by atoms with van der Waals surface area (Å²) >= 11 is 12.6. The lowest BCUT2D eigenvalue weighted by Gasteiger charge is -2.39. The van der Waals surface area contributed by atoms with Gasteiger partial charge in [-0.15, -0.1) is 0 Å². The van der Waals surface area contributed by atoms with Crippen LogP contribution in [0.25, 0.3) is 0 Å². The second-order valence-corrected chi connectivity index (χ2v) is 8.82. The molecule has 0 saturated carbocycles. The minimum absolute atomic E-state index is 0.244. The molecular weight excluding hydrogens is 403 g/mol. The van der Waals surface area contributed by atoms with Gasteiger partial charge in [0.25, 0.3) is 0 Å². The molecule has 1 heterocycles. The van der Waals surface area contributed by atoms with Crippen LogP contribution in [0.1, 0.15) is 37.5 Å². The molecule has 1 fully saturated rings. The number of rotatable bonds is 5. The molecule has 156 valence electrons. The van der Waals surface area contributed by atoms with Crippen LogP contribution < -0.4 is 0 Å². The fraction of sp³-hybridized carbons (Fsp3) is 0.600. The highest BCUT2D eigenvalue weighted by atomic mass is 35.5. The van der Waals surface area contributed by atoms with Crippen molar-refractivity contribution < 1.29 is 19.1 Å². The van der Waals surface area contributed by atoms with Crippen LogP contribution in [-0.4, -0.2) is 60.2 Å². The Labute approximate surface area is 176 Å². The van der Waals surface area contributed by atoms with E-state index in [0.717, 1.165) is 23.1 Å². The number of carbonyl (C=O) groups excluding carboxylic acids is 2. The van der Waals surface area contributed by atoms with Gasteiger partial charge in [0.15, 0.2) is 0 Å². The van der Waals surface area contributed by atoms with E-state index >= 15 is 0 Å². The number of nitrogens with zero attached hydrogens (tertiary/aromatic N) is 2. The van der Waals surface area contributed by atoms with E-state index in [0.29, 0.717) is 36.3 Å². The number of ether oxygens (including phenoxy) is 2. The van der Waals surface area contributed by atoms with Crippen LogP contribution in [0.2, 0.25) is 10.0 Å². The number of halogens is 2. The molecule has 1 aliphatic heterocycles. The van der Waals surface area contributed by atoms with Crippen LogP contribution in [0, 0.1) is 13.8 Å². The van der Waals surface area contributed by atoms with Crippen molar-refractivity contribution in [3.63, 3.8) is 0 Å². The molecule has 2 amide bonds. The zero-order valence-electron chi connectivity index (χ0n) is 17.1. The first-order chi connectivity index (χ1) is 13.0. The summed E-state index contributed by atoms with van der Waals surface area (Å²) in [6.07, 6.45) is 0.417. The van der Waals surface area contributed by atoms with E-state index < -0.39 is 5.60 Å². The Morgan fingerprint density at radius 1 is 1.29 bits per heavy atom. The van der Waals surface area contributed by atoms with E-state index in [2.05, 4.69) is 0 Å². The average Bonchev–Trinajstić information content (AvgIpc) is 2.61. The van der Waals surface area contributed by atoms with E-state index in [1.54, 1.807) is 9.80 Å². The Bertz CT molecular complexity index is 734. The SMILES string of the molecule is Cc1cc(Cl)c(C)c(Cl)c1COCC1CN(C(=O)OC(C)(C)C)CCN1C=O. The van der Waals surface area contributed by atoms with Crippen LogP contribution in [0.5, 0.6) is 0 Å². The van der Waals surface area contributed by atoms with E-state index in [1.807, 2.05) is 40.7 Å². The molecule has 1 aliphatic rings. The van der Waals surface area contributed by atoms with Crippen molar-refractivity contribution in [3.8, 4) is 0 Å². The molecule has 1 atom stereocenters. The molecule has 28 heavy (non-hydrogen) atoms. The predicted molar refractivity (Wildman–Crippen MR) is 110 cm³/mol. The number of aryl methyl sites for hydroxylation is 1. The molecule has 1 aromatic rings. The van der Waals surface area contributed by atoms with Gasteiger partial charge in [0.05, 0.1) is 24.3 Å². The Balaban J connectivity index is 2.00. The van der Waals surface area contributed by atoms with Crippen LogP contribution in [0.3, 0.4) is 0 Å². The number of piperazine rings is 1. The van der Waals surface area contributed by atoms with Gasteiger partial charge < -0.3 is 19.3 Å². The van der Waals surface area contributed by atoms with Crippen LogP contribution in [-0.2, 0) is 20.9 Å². The molecule has 0 bridgehead atoms. The highest BCUT2D eigenvalue weighted by Crippen LogP contribution is 2.30. The van der Waals surface area contributed by atoms with Crippen molar-refractivity contribution in [2.75, 3.05) is 26.2 Å². The van der Waals surface area contributed by atoms with Gasteiger partial charge in [-0.2, -0.15) is 0 Å². The molecule has 1 unspecified atom stereocenters. The minimum atomic E-state index is -0.564. The number of hydrogen-bond donors (Lipinski definition) is 0. The summed E-state index contributed by atoms with van der Waals surface area (Å²) in [5.74, 6) is 0. The first-order valence-corrected chi connectivity index (χ1v) is 10.00. The van der Waals surface area contributed by atoms with Gasteiger partial charge in [-0.25, -0.2) is 4.79 Å². The van der Waals surface area contributed by atoms with Crippen molar-refractivity contribution in [1.82, 2.24) is 9.80 Å². The van der Waals surface area contributed by atoms with Gasteiger partial charge in [-0.1, -0.05) is 23.2 Å². The maximum atomic E-state index is 12.3. The number of benzene rings is 1. The summed E-state index contributed by atoms with van der Waals surface area (Å²) < 4.78 is 11.3. The highest BCUT2D eigenvalue weighted by molar-refractivity contribution is 6.36. The lowest BCUT2D eigenvalue weighted by molar-refractivity contribution is -0.124. The standard InChI is InChI=1S/C20H28Cl2N2O4/c1-13-8-17(21)14(2)18(22)16(13)11-27-10-15-9-23(6-7-24(15)12-25)19(26)28-20(3,4)5/h8,12,15H,6-7,9-11H2,1-5H3. The van der Waals surface area contributed by atoms with Gasteiger partial charge in [0.2, 0.25) is 6.41 Å². The van der Waals surface area contributed by atoms with Gasteiger partial charge in [-0.3, -0.25) is 4.79 Å². The lowest BCUT2D eigenvalue weighted by atomic mass is 10.1. The van der Waals surface area contributed by atoms with Crippen molar-refractivity contribution >= 4 is 35.7 Å². The van der Waals surface area contributed by atoms with E-state index in [9.17, 15) is 9.59 Å². The molecule has 0 spiro atoms. The first-order valence-electron chi connectivity index (χ1n) is 9.24. The molecule has 0 N–H and O–H groups in total. The Kier molecular flexibility index (Phi) is 7.59. The fourth-order valence-corrected chi connectivity index (χ4v) is 3.62. The monoisotopic (exact) mass is 430 g/mol. The molecule has 6 nitrogen and oxygen atoms in total. The molecule has 0 aromatic heterocycles. The van der Waals surface area contributed by atoms with Gasteiger partial charge in [0, 0.05) is 24.7 Å². The maximum absolute atomic E-state index is 12.3. The van der Waals surface area contributed by atoms with Crippen LogP contribution >= 0.6 is 23.2 Å². The third kappa shape index (κ3) is 5.75. The summed E-state index contributed by atoms with van der Waals surface area (Å²) in [5.41, 5.74) is 2.08. The topological polar surface area (TPSA) is 59.1 Å². The van der Waals surface area contributed by atoms with Crippen LogP contribution in [0.15, 0.2) is 6.07 Å². The second-order valence-electron chi connectivity index (χ2n) is 8.03. The zero-order valence-corrected chi connectivity index (χ0v) is 18.6. The van der Waals surface area contributed by atoms with E-state index in [4.69, 9.17) is 32.7 Å². The summed E-state index contributed by atoms with van der Waals surface area (Å²) in [6, 6.07) is 1.62. The molecule has 1 aromatic carbocycles. The first kappa shape index (κ1) is 22.8. The lowest BCUT2D eigenvalue weighted by Crippen LogP contribution is -2.56. The molecule has 0 aliphatic carbocycles. The van der Waals surface area contributed by atoms with Gasteiger partial charge in [-0.05, 0) is 57.4 Å². The number of hydrogen-bond acceptors (Lipinski definition) is 4. The predicted octanol–water partition coefficient (Wildman–Crippen LogP) is 4.20. The normalized spacial score (nSPS) is 17.6. The zero-order chi connectivity index (χ0) is 21.1. The quantitative estimate of drug-likeness (QED) is 0.656. The highest BCUT2D eigenvalue weighted by Gasteiger charge is 2.31. The minimum Gasteiger partial charge on any atom is -0.444 e. The van der Waals surface area contributed by atoms with Gasteiger partial charge in [0.1, 0.15) is 5.60 Å². The third-order valence-corrected chi connectivity index (χ3v) is 5.55. The van der Waals surface area contributed by atoms with Crippen molar-refractivity contribution in [2.45, 2.75) is 52.9 Å². The Morgan fingerprint density at radius 3 is 2.57 bits per heavy atom. The molecule has 2 rings (SSSR count). The molecule has 1 saturated heterocycles. The van der Waals surface area contributed by atoms with E-state index in [1.165, 1.54) is 0 Å². The van der Waals surface area contributed by atoms with E-state index in [-0.39, 0.29) is 18.7 Å². The van der Waals surface area contributed by atoms with Gasteiger partial charge >= 0.3 is 6.09 Å². The third-order valence-electron chi connectivity index (χ3n) is 4.64. The average molecular weight is 431 g/mol. The summed E-state index contributed by atoms with van der Waals surface area (Å²) in [4.78, 5) is 27.0. The second kappa shape index (κ2) is 9.33.